The molecule has 0 bridgehead atoms. The molecule has 0 spiro atoms. The molecular weight excluding hydrogens is 266 g/mol. The monoisotopic (exact) mass is 293 g/mol. The molecule has 0 aromatic rings. The molecule has 0 aliphatic carbocycles. The summed E-state index contributed by atoms with van der Waals surface area (Å²) in [5, 5.41) is 0. The zero-order valence-corrected chi connectivity index (χ0v) is 13.5. The molecule has 0 saturated carbocycles. The predicted molar refractivity (Wildman–Crippen MR) is 76.3 cm³/mol. The quantitative estimate of drug-likeness (QED) is 0.732. The fourth-order valence-corrected chi connectivity index (χ4v) is 4.52. The van der Waals surface area contributed by atoms with Crippen molar-refractivity contribution in [2.45, 2.75) is 38.3 Å². The van der Waals surface area contributed by atoms with Crippen molar-refractivity contribution in [2.24, 2.45) is 0 Å². The molecular formula is C12H27N3O3S. The highest BCUT2D eigenvalue weighted by Gasteiger charge is 2.37. The summed E-state index contributed by atoms with van der Waals surface area (Å²) in [4.78, 5) is 1.97. The summed E-state index contributed by atoms with van der Waals surface area (Å²) in [6.07, 6.45) is 1.76. The van der Waals surface area contributed by atoms with Crippen LogP contribution in [0, 0.1) is 0 Å². The normalized spacial score (nSPS) is 22.3. The Morgan fingerprint density at radius 1 is 1.42 bits per heavy atom. The molecule has 0 aromatic carbocycles. The summed E-state index contributed by atoms with van der Waals surface area (Å²) in [6.45, 7) is 5.46. The van der Waals surface area contributed by atoms with Gasteiger partial charge in [0.25, 0.3) is 10.2 Å². The molecule has 1 saturated heterocycles. The Bertz CT molecular complexity index is 382. The van der Waals surface area contributed by atoms with Gasteiger partial charge in [-0.25, -0.2) is 0 Å². The Balaban J connectivity index is 2.75. The van der Waals surface area contributed by atoms with E-state index >= 15 is 0 Å². The van der Waals surface area contributed by atoms with E-state index in [1.807, 2.05) is 32.8 Å². The molecule has 0 aromatic heterocycles. The summed E-state index contributed by atoms with van der Waals surface area (Å²) < 4.78 is 34.3. The number of likely N-dealkylation sites (N-methyl/N-ethyl adjacent to an activating group) is 1. The lowest BCUT2D eigenvalue weighted by molar-refractivity contribution is 0.147. The van der Waals surface area contributed by atoms with Gasteiger partial charge in [0, 0.05) is 31.8 Å². The van der Waals surface area contributed by atoms with Crippen molar-refractivity contribution in [3.8, 4) is 0 Å². The molecule has 1 unspecified atom stereocenters. The van der Waals surface area contributed by atoms with Crippen molar-refractivity contribution in [3.05, 3.63) is 0 Å². The Morgan fingerprint density at radius 3 is 2.58 bits per heavy atom. The second-order valence-electron chi connectivity index (χ2n) is 6.09. The molecule has 0 amide bonds. The van der Waals surface area contributed by atoms with Crippen LogP contribution in [0.25, 0.3) is 0 Å². The van der Waals surface area contributed by atoms with Gasteiger partial charge < -0.3 is 9.64 Å². The van der Waals surface area contributed by atoms with Crippen LogP contribution in [0.1, 0.15) is 26.7 Å². The van der Waals surface area contributed by atoms with E-state index in [0.717, 1.165) is 12.8 Å². The van der Waals surface area contributed by atoms with Crippen LogP contribution in [0.2, 0.25) is 0 Å². The number of ether oxygens (including phenoxy) is 1. The third-order valence-electron chi connectivity index (χ3n) is 3.11. The molecule has 1 rings (SSSR count). The van der Waals surface area contributed by atoms with Crippen molar-refractivity contribution in [1.82, 2.24) is 13.9 Å². The Morgan fingerprint density at radius 2 is 2.05 bits per heavy atom. The zero-order chi connectivity index (χ0) is 14.7. The Hall–Kier alpha value is -0.210. The van der Waals surface area contributed by atoms with Gasteiger partial charge in [0.1, 0.15) is 0 Å². The SMILES string of the molecule is COCC1CCCN1S(=O)(=O)NC(C)(C)CN(C)C. The maximum Gasteiger partial charge on any atom is 0.280 e. The minimum absolute atomic E-state index is 0.0438. The number of rotatable bonds is 7. The Labute approximate surface area is 117 Å². The minimum atomic E-state index is -3.46. The summed E-state index contributed by atoms with van der Waals surface area (Å²) in [7, 11) is 2.01. The summed E-state index contributed by atoms with van der Waals surface area (Å²) in [6, 6.07) is -0.0438. The van der Waals surface area contributed by atoms with Gasteiger partial charge in [-0.15, -0.1) is 0 Å². The fourth-order valence-electron chi connectivity index (χ4n) is 2.72. The number of nitrogens with zero attached hydrogens (tertiary/aromatic N) is 2. The van der Waals surface area contributed by atoms with Gasteiger partial charge in [-0.1, -0.05) is 0 Å². The third-order valence-corrected chi connectivity index (χ3v) is 5.02. The molecule has 1 aliphatic heterocycles. The van der Waals surface area contributed by atoms with Gasteiger partial charge in [0.2, 0.25) is 0 Å². The van der Waals surface area contributed by atoms with Gasteiger partial charge in [-0.3, -0.25) is 0 Å². The van der Waals surface area contributed by atoms with Crippen molar-refractivity contribution in [2.75, 3.05) is 40.9 Å². The number of hydrogen-bond acceptors (Lipinski definition) is 4. The van der Waals surface area contributed by atoms with Crippen molar-refractivity contribution in [1.29, 1.82) is 0 Å². The van der Waals surface area contributed by atoms with Crippen LogP contribution < -0.4 is 4.72 Å². The van der Waals surface area contributed by atoms with Gasteiger partial charge >= 0.3 is 0 Å². The molecule has 19 heavy (non-hydrogen) atoms. The maximum absolute atomic E-state index is 12.5. The molecule has 0 radical (unpaired) electrons. The average molecular weight is 293 g/mol. The van der Waals surface area contributed by atoms with Crippen LogP contribution in [0.5, 0.6) is 0 Å². The maximum atomic E-state index is 12.5. The van der Waals surface area contributed by atoms with Crippen LogP contribution in [-0.2, 0) is 14.9 Å². The topological polar surface area (TPSA) is 61.9 Å². The summed E-state index contributed by atoms with van der Waals surface area (Å²) >= 11 is 0. The number of hydrogen-bond donors (Lipinski definition) is 1. The Kier molecular flexibility index (Phi) is 5.76. The third kappa shape index (κ3) is 5.00. The first-order chi connectivity index (χ1) is 8.68. The first kappa shape index (κ1) is 16.8. The predicted octanol–water partition coefficient (Wildman–Crippen LogP) is 0.272. The van der Waals surface area contributed by atoms with E-state index in [4.69, 9.17) is 4.74 Å². The van der Waals surface area contributed by atoms with Crippen LogP contribution in [0.4, 0.5) is 0 Å². The molecule has 1 atom stereocenters. The number of methoxy groups -OCH3 is 1. The molecule has 1 N–H and O–H groups in total. The first-order valence-corrected chi connectivity index (χ1v) is 8.06. The van der Waals surface area contributed by atoms with Gasteiger partial charge in [-0.05, 0) is 40.8 Å². The van der Waals surface area contributed by atoms with Gasteiger partial charge in [0.15, 0.2) is 0 Å². The smallest absolute Gasteiger partial charge is 0.280 e. The van der Waals surface area contributed by atoms with E-state index in [2.05, 4.69) is 4.72 Å². The molecule has 1 fully saturated rings. The molecule has 1 aliphatic rings. The van der Waals surface area contributed by atoms with Crippen molar-refractivity contribution >= 4 is 10.2 Å². The van der Waals surface area contributed by atoms with Gasteiger partial charge in [-0.2, -0.15) is 17.4 Å². The van der Waals surface area contributed by atoms with Crippen molar-refractivity contribution in [3.63, 3.8) is 0 Å². The standard InChI is InChI=1S/C12H27N3O3S/c1-12(2,10-14(3)4)13-19(16,17)15-8-6-7-11(15)9-18-5/h11,13H,6-10H2,1-5H3. The van der Waals surface area contributed by atoms with E-state index in [1.54, 1.807) is 7.11 Å². The first-order valence-electron chi connectivity index (χ1n) is 6.62. The number of nitrogens with one attached hydrogen (secondary N) is 1. The summed E-state index contributed by atoms with van der Waals surface area (Å²) in [5.74, 6) is 0. The lowest BCUT2D eigenvalue weighted by Crippen LogP contribution is -2.55. The molecule has 7 heteroatoms. The van der Waals surface area contributed by atoms with Gasteiger partial charge in [0.05, 0.1) is 6.61 Å². The van der Waals surface area contributed by atoms with E-state index in [0.29, 0.717) is 19.7 Å². The lowest BCUT2D eigenvalue weighted by atomic mass is 10.1. The van der Waals surface area contributed by atoms with E-state index in [-0.39, 0.29) is 6.04 Å². The van der Waals surface area contributed by atoms with E-state index in [9.17, 15) is 8.42 Å². The fraction of sp³-hybridized carbons (Fsp3) is 1.00. The zero-order valence-electron chi connectivity index (χ0n) is 12.6. The molecule has 6 nitrogen and oxygen atoms in total. The highest BCUT2D eigenvalue weighted by Crippen LogP contribution is 2.21. The highest BCUT2D eigenvalue weighted by molar-refractivity contribution is 7.87. The molecule has 114 valence electrons. The van der Waals surface area contributed by atoms with Crippen molar-refractivity contribution < 1.29 is 13.2 Å². The van der Waals surface area contributed by atoms with Crippen LogP contribution in [0.3, 0.4) is 0 Å². The second kappa shape index (κ2) is 6.49. The summed E-state index contributed by atoms with van der Waals surface area (Å²) in [5.41, 5.74) is -0.497. The van der Waals surface area contributed by atoms with E-state index in [1.165, 1.54) is 4.31 Å². The van der Waals surface area contributed by atoms with Crippen LogP contribution in [0.15, 0.2) is 0 Å². The molecule has 1 heterocycles. The largest absolute Gasteiger partial charge is 0.383 e. The highest BCUT2D eigenvalue weighted by atomic mass is 32.2. The lowest BCUT2D eigenvalue weighted by Gasteiger charge is -2.32. The van der Waals surface area contributed by atoms with E-state index < -0.39 is 15.7 Å². The second-order valence-corrected chi connectivity index (χ2v) is 7.71. The minimum Gasteiger partial charge on any atom is -0.383 e. The van der Waals surface area contributed by atoms with Crippen LogP contribution >= 0.6 is 0 Å². The van der Waals surface area contributed by atoms with Crippen LogP contribution in [-0.4, -0.2) is 70.1 Å². The average Bonchev–Trinajstić information content (AvgIpc) is 2.62.